The quantitative estimate of drug-likeness (QED) is 0.744. The molecule has 3 aliphatic heterocycles. The summed E-state index contributed by atoms with van der Waals surface area (Å²) in [7, 11) is -3.03. The first-order valence-corrected chi connectivity index (χ1v) is 9.36. The van der Waals surface area contributed by atoms with Crippen LogP contribution in [-0.4, -0.2) is 43.4 Å². The molecule has 0 aromatic carbocycles. The van der Waals surface area contributed by atoms with E-state index in [1.165, 1.54) is 0 Å². The van der Waals surface area contributed by atoms with Gasteiger partial charge in [-0.15, -0.1) is 0 Å². The van der Waals surface area contributed by atoms with Gasteiger partial charge in [-0.25, -0.2) is 9.05 Å². The molecule has 0 bridgehead atoms. The zero-order valence-electron chi connectivity index (χ0n) is 12.6. The lowest BCUT2D eigenvalue weighted by Gasteiger charge is -2.46. The number of fused-ring (bicyclic) bond motifs is 1. The summed E-state index contributed by atoms with van der Waals surface area (Å²) in [6.45, 7) is 8.30. The van der Waals surface area contributed by atoms with E-state index in [0.717, 1.165) is 51.5 Å². The maximum absolute atomic E-state index is 13.2. The third-order valence-electron chi connectivity index (χ3n) is 4.38. The van der Waals surface area contributed by atoms with E-state index >= 15 is 0 Å². The molecular formula is C14H26N2O3P. The highest BCUT2D eigenvalue weighted by atomic mass is 31.2. The van der Waals surface area contributed by atoms with Gasteiger partial charge in [-0.1, -0.05) is 13.8 Å². The minimum absolute atomic E-state index is 0.0387. The summed E-state index contributed by atoms with van der Waals surface area (Å²) in [5.41, 5.74) is -0.135. The molecule has 6 heteroatoms. The molecule has 0 aromatic heterocycles. The van der Waals surface area contributed by atoms with Gasteiger partial charge >= 0.3 is 0 Å². The molecule has 0 saturated carbocycles. The summed E-state index contributed by atoms with van der Waals surface area (Å²) in [6.07, 6.45) is 5.41. The van der Waals surface area contributed by atoms with Gasteiger partial charge in [0.1, 0.15) is 13.2 Å². The predicted octanol–water partition coefficient (Wildman–Crippen LogP) is 1.52. The monoisotopic (exact) mass is 301 g/mol. The lowest BCUT2D eigenvalue weighted by atomic mass is 9.97. The van der Waals surface area contributed by atoms with Crippen molar-refractivity contribution in [2.24, 2.45) is 5.41 Å². The first kappa shape index (κ1) is 15.1. The Morgan fingerprint density at radius 1 is 1.20 bits per heavy atom. The molecule has 1 unspecified atom stereocenters. The van der Waals surface area contributed by atoms with E-state index in [2.05, 4.69) is 24.1 Å². The summed E-state index contributed by atoms with van der Waals surface area (Å²) in [5, 5.41) is 3.46. The molecule has 3 heterocycles. The maximum Gasteiger partial charge on any atom is 0.244 e. The van der Waals surface area contributed by atoms with Crippen molar-refractivity contribution in [1.82, 2.24) is 10.2 Å². The topological polar surface area (TPSA) is 56.8 Å². The van der Waals surface area contributed by atoms with Crippen molar-refractivity contribution >= 4 is 7.94 Å². The molecule has 3 saturated heterocycles. The fraction of sp³-hybridized carbons (Fsp3) is 0.929. The Hall–Kier alpha value is 0.230. The summed E-state index contributed by atoms with van der Waals surface area (Å²) in [6, 6.07) is 0. The smallest absolute Gasteiger partial charge is 0.244 e. The molecule has 20 heavy (non-hydrogen) atoms. The molecule has 0 aliphatic carbocycles. The van der Waals surface area contributed by atoms with Crippen LogP contribution in [0.5, 0.6) is 0 Å². The molecule has 1 atom stereocenters. The molecule has 3 rings (SSSR count). The minimum Gasteiger partial charge on any atom is -0.631 e. The van der Waals surface area contributed by atoms with Gasteiger partial charge in [0.05, 0.1) is 0 Å². The second-order valence-corrected chi connectivity index (χ2v) is 9.13. The van der Waals surface area contributed by atoms with Crippen molar-refractivity contribution in [2.75, 3.05) is 32.8 Å². The Morgan fingerprint density at radius 2 is 1.90 bits per heavy atom. The van der Waals surface area contributed by atoms with Gasteiger partial charge in [0.2, 0.25) is 7.94 Å². The Kier molecular flexibility index (Phi) is 4.38. The number of nitrogens with zero attached hydrogens (tertiary/aromatic N) is 1. The van der Waals surface area contributed by atoms with Gasteiger partial charge in [-0.3, -0.25) is 10.2 Å². The number of hydrogen-bond acceptors (Lipinski definition) is 5. The van der Waals surface area contributed by atoms with Crippen molar-refractivity contribution < 1.29 is 13.9 Å². The van der Waals surface area contributed by atoms with Crippen LogP contribution in [0.4, 0.5) is 0 Å². The Balaban J connectivity index is 1.76. The van der Waals surface area contributed by atoms with E-state index in [9.17, 15) is 4.89 Å². The number of nitrogens with one attached hydrogen (secondary N) is 1. The van der Waals surface area contributed by atoms with Gasteiger partial charge in [0.15, 0.2) is 11.8 Å². The first-order valence-electron chi connectivity index (χ1n) is 7.75. The summed E-state index contributed by atoms with van der Waals surface area (Å²) in [4.78, 5) is 15.5. The third-order valence-corrected chi connectivity index (χ3v) is 6.62. The van der Waals surface area contributed by atoms with E-state index < -0.39 is 7.94 Å². The van der Waals surface area contributed by atoms with E-state index in [1.54, 1.807) is 0 Å². The van der Waals surface area contributed by atoms with Crippen LogP contribution in [-0.2, 0) is 9.05 Å². The standard InChI is InChI=1S/C14H26N2O3P/c1-14(2)10-18-20(17,19-11-14)12-6-3-4-8-16-9-5-7-15-13(12)16/h12,15H,3-11H2,1-2H3. The van der Waals surface area contributed by atoms with Gasteiger partial charge in [0, 0.05) is 18.5 Å². The summed E-state index contributed by atoms with van der Waals surface area (Å²) in [5.74, 6) is 0. The summed E-state index contributed by atoms with van der Waals surface area (Å²) < 4.78 is 11.5. The molecule has 1 radical (unpaired) electrons. The lowest BCUT2D eigenvalue weighted by Crippen LogP contribution is -2.52. The molecule has 0 aromatic rings. The zero-order valence-corrected chi connectivity index (χ0v) is 13.5. The molecule has 5 nitrogen and oxygen atoms in total. The minimum atomic E-state index is -3.03. The average molecular weight is 301 g/mol. The van der Waals surface area contributed by atoms with Crippen LogP contribution in [0.2, 0.25) is 0 Å². The SMILES string of the molecule is CC1(C)CO[P+]([O-])(C2CCCCN3CCCN[C]23)OC1. The normalized spacial score (nSPS) is 35.2. The molecule has 3 aliphatic rings. The predicted molar refractivity (Wildman–Crippen MR) is 77.7 cm³/mol. The van der Waals surface area contributed by atoms with Crippen molar-refractivity contribution in [1.29, 1.82) is 0 Å². The third kappa shape index (κ3) is 3.03. The zero-order chi connectivity index (χ0) is 14.2. The van der Waals surface area contributed by atoms with Crippen LogP contribution < -0.4 is 10.2 Å². The van der Waals surface area contributed by atoms with E-state index in [4.69, 9.17) is 9.05 Å². The van der Waals surface area contributed by atoms with Crippen LogP contribution in [0.25, 0.3) is 0 Å². The van der Waals surface area contributed by atoms with Gasteiger partial charge in [-0.05, 0) is 32.2 Å². The first-order chi connectivity index (χ1) is 9.50. The summed E-state index contributed by atoms with van der Waals surface area (Å²) >= 11 is 0. The number of rotatable bonds is 1. The molecule has 0 amide bonds. The number of hydrogen-bond donors (Lipinski definition) is 1. The van der Waals surface area contributed by atoms with Crippen LogP contribution in [0.15, 0.2) is 0 Å². The van der Waals surface area contributed by atoms with Crippen molar-refractivity contribution in [2.45, 2.75) is 45.2 Å². The van der Waals surface area contributed by atoms with Crippen molar-refractivity contribution in [3.05, 3.63) is 6.17 Å². The molecule has 0 spiro atoms. The highest BCUT2D eigenvalue weighted by molar-refractivity contribution is 7.60. The fourth-order valence-corrected chi connectivity index (χ4v) is 5.70. The van der Waals surface area contributed by atoms with Crippen LogP contribution >= 0.6 is 7.94 Å². The molecular weight excluding hydrogens is 275 g/mol. The van der Waals surface area contributed by atoms with Crippen LogP contribution in [0.1, 0.15) is 39.5 Å². The molecule has 1 N–H and O–H groups in total. The average Bonchev–Trinajstić information content (AvgIpc) is 2.65. The second-order valence-electron chi connectivity index (χ2n) is 6.92. The Morgan fingerprint density at radius 3 is 2.65 bits per heavy atom. The van der Waals surface area contributed by atoms with Crippen LogP contribution in [0.3, 0.4) is 0 Å². The van der Waals surface area contributed by atoms with E-state index in [1.807, 2.05) is 0 Å². The lowest BCUT2D eigenvalue weighted by molar-refractivity contribution is -0.236. The van der Waals surface area contributed by atoms with Gasteiger partial charge in [-0.2, -0.15) is 0 Å². The van der Waals surface area contributed by atoms with E-state index in [0.29, 0.717) is 13.2 Å². The fourth-order valence-electron chi connectivity index (χ4n) is 3.15. The highest BCUT2D eigenvalue weighted by Crippen LogP contribution is 2.65. The van der Waals surface area contributed by atoms with Gasteiger partial charge in [0.25, 0.3) is 0 Å². The molecule has 3 fully saturated rings. The molecule has 115 valence electrons. The van der Waals surface area contributed by atoms with Crippen molar-refractivity contribution in [3.63, 3.8) is 0 Å². The van der Waals surface area contributed by atoms with Crippen molar-refractivity contribution in [3.8, 4) is 0 Å². The second kappa shape index (κ2) is 5.79. The van der Waals surface area contributed by atoms with Crippen LogP contribution in [0, 0.1) is 11.6 Å². The maximum atomic E-state index is 13.2. The van der Waals surface area contributed by atoms with Gasteiger partial charge < -0.3 is 4.89 Å². The Bertz CT molecular complexity index is 343. The highest BCUT2D eigenvalue weighted by Gasteiger charge is 2.53. The Labute approximate surface area is 122 Å². The largest absolute Gasteiger partial charge is 0.631 e. The van der Waals surface area contributed by atoms with E-state index in [-0.39, 0.29) is 11.1 Å².